The lowest BCUT2D eigenvalue weighted by molar-refractivity contribution is -0.121. The molecule has 5 nitrogen and oxygen atoms in total. The van der Waals surface area contributed by atoms with Crippen LogP contribution in [0.1, 0.15) is 47.3 Å². The van der Waals surface area contributed by atoms with Crippen LogP contribution in [0.25, 0.3) is 5.65 Å². The summed E-state index contributed by atoms with van der Waals surface area (Å²) in [7, 11) is 0. The summed E-state index contributed by atoms with van der Waals surface area (Å²) in [4.78, 5) is 18.9. The van der Waals surface area contributed by atoms with Crippen molar-refractivity contribution in [2.75, 3.05) is 0 Å². The molecular formula is C20H19N3O2S. The molecule has 4 rings (SSSR count). The Hall–Kier alpha value is -2.62. The number of nitrogens with zero attached hydrogens (tertiary/aromatic N) is 2. The second-order valence-electron chi connectivity index (χ2n) is 6.92. The van der Waals surface area contributed by atoms with Gasteiger partial charge in [0, 0.05) is 23.4 Å². The first kappa shape index (κ1) is 16.8. The molecule has 0 aliphatic carbocycles. The van der Waals surface area contributed by atoms with E-state index < -0.39 is 5.60 Å². The van der Waals surface area contributed by atoms with E-state index in [9.17, 15) is 9.90 Å². The molecule has 1 amide bonds. The lowest BCUT2D eigenvalue weighted by atomic mass is 9.98. The van der Waals surface area contributed by atoms with Crippen LogP contribution in [0.4, 0.5) is 0 Å². The van der Waals surface area contributed by atoms with Gasteiger partial charge in [-0.2, -0.15) is 0 Å². The van der Waals surface area contributed by atoms with Crippen molar-refractivity contribution in [3.63, 3.8) is 0 Å². The van der Waals surface area contributed by atoms with Gasteiger partial charge in [0.05, 0.1) is 22.8 Å². The Morgan fingerprint density at radius 2 is 2.19 bits per heavy atom. The van der Waals surface area contributed by atoms with E-state index >= 15 is 0 Å². The molecule has 0 bridgehead atoms. The maximum absolute atomic E-state index is 12.2. The molecule has 3 aromatic heterocycles. The van der Waals surface area contributed by atoms with Gasteiger partial charge >= 0.3 is 0 Å². The molecule has 132 valence electrons. The van der Waals surface area contributed by atoms with Crippen molar-refractivity contribution < 1.29 is 9.90 Å². The van der Waals surface area contributed by atoms with Crippen LogP contribution in [0.5, 0.6) is 0 Å². The van der Waals surface area contributed by atoms with E-state index in [-0.39, 0.29) is 11.8 Å². The van der Waals surface area contributed by atoms with Gasteiger partial charge in [0.25, 0.3) is 0 Å². The van der Waals surface area contributed by atoms with Crippen LogP contribution in [0.15, 0.2) is 36.5 Å². The van der Waals surface area contributed by atoms with Crippen molar-refractivity contribution >= 4 is 22.9 Å². The quantitative estimate of drug-likeness (QED) is 0.652. The number of aliphatic hydroxyl groups is 1. The average Bonchev–Trinajstić information content (AvgIpc) is 3.16. The Kier molecular flexibility index (Phi) is 4.06. The van der Waals surface area contributed by atoms with E-state index in [2.05, 4.69) is 21.6 Å². The van der Waals surface area contributed by atoms with E-state index in [0.717, 1.165) is 26.8 Å². The normalized spacial score (nSPS) is 17.2. The third kappa shape index (κ3) is 3.24. The summed E-state index contributed by atoms with van der Waals surface area (Å²) in [6, 6.07) is 9.88. The highest BCUT2D eigenvalue weighted by Gasteiger charge is 2.29. The first-order chi connectivity index (χ1) is 12.4. The first-order valence-corrected chi connectivity index (χ1v) is 9.30. The number of imidazole rings is 1. The number of pyridine rings is 1. The zero-order valence-electron chi connectivity index (χ0n) is 14.6. The molecule has 26 heavy (non-hydrogen) atoms. The maximum atomic E-state index is 12.2. The molecule has 1 aliphatic heterocycles. The van der Waals surface area contributed by atoms with Gasteiger partial charge in [-0.1, -0.05) is 17.9 Å². The summed E-state index contributed by atoms with van der Waals surface area (Å²) in [6.45, 7) is 3.77. The van der Waals surface area contributed by atoms with Crippen LogP contribution in [0.3, 0.4) is 0 Å². The topological polar surface area (TPSA) is 66.6 Å². The molecular weight excluding hydrogens is 346 g/mol. The van der Waals surface area contributed by atoms with E-state index in [1.807, 2.05) is 36.5 Å². The van der Waals surface area contributed by atoms with Gasteiger partial charge in [-0.05, 0) is 38.1 Å². The van der Waals surface area contributed by atoms with Crippen LogP contribution in [-0.4, -0.2) is 26.0 Å². The van der Waals surface area contributed by atoms with E-state index in [4.69, 9.17) is 4.98 Å². The van der Waals surface area contributed by atoms with Crippen molar-refractivity contribution in [1.82, 2.24) is 14.7 Å². The third-order valence-electron chi connectivity index (χ3n) is 4.28. The molecule has 0 spiro atoms. The number of amides is 1. The maximum Gasteiger partial charge on any atom is 0.221 e. The fourth-order valence-electron chi connectivity index (χ4n) is 3.16. The minimum Gasteiger partial charge on any atom is -0.378 e. The minimum absolute atomic E-state index is 0.0233. The van der Waals surface area contributed by atoms with E-state index in [1.54, 1.807) is 25.2 Å². The number of hydrogen-bond acceptors (Lipinski definition) is 4. The van der Waals surface area contributed by atoms with Crippen LogP contribution >= 0.6 is 11.3 Å². The molecule has 1 aliphatic rings. The zero-order chi connectivity index (χ0) is 18.3. The van der Waals surface area contributed by atoms with Crippen LogP contribution in [0.2, 0.25) is 0 Å². The van der Waals surface area contributed by atoms with Crippen molar-refractivity contribution in [3.05, 3.63) is 57.7 Å². The number of nitrogens with one attached hydrogen (secondary N) is 1. The summed E-state index contributed by atoms with van der Waals surface area (Å²) < 4.78 is 2.07. The molecule has 6 heteroatoms. The average molecular weight is 365 g/mol. The number of rotatable bonds is 1. The molecule has 0 radical (unpaired) electrons. The highest BCUT2D eigenvalue weighted by atomic mass is 32.1. The van der Waals surface area contributed by atoms with Gasteiger partial charge in [-0.25, -0.2) is 4.98 Å². The van der Waals surface area contributed by atoms with Crippen molar-refractivity contribution in [3.8, 4) is 11.8 Å². The molecule has 4 heterocycles. The van der Waals surface area contributed by atoms with E-state index in [1.165, 1.54) is 0 Å². The second-order valence-corrected chi connectivity index (χ2v) is 8.03. The fourth-order valence-corrected chi connectivity index (χ4v) is 4.12. The Morgan fingerprint density at radius 3 is 3.00 bits per heavy atom. The highest BCUT2D eigenvalue weighted by Crippen LogP contribution is 2.36. The van der Waals surface area contributed by atoms with E-state index in [0.29, 0.717) is 13.0 Å². The van der Waals surface area contributed by atoms with Gasteiger partial charge < -0.3 is 14.8 Å². The largest absolute Gasteiger partial charge is 0.378 e. The highest BCUT2D eigenvalue weighted by molar-refractivity contribution is 7.12. The molecule has 0 saturated carbocycles. The second kappa shape index (κ2) is 6.27. The Balaban J connectivity index is 1.80. The summed E-state index contributed by atoms with van der Waals surface area (Å²) in [6.07, 6.45) is 2.38. The summed E-state index contributed by atoms with van der Waals surface area (Å²) in [5, 5.41) is 12.7. The van der Waals surface area contributed by atoms with Gasteiger partial charge in [0.15, 0.2) is 0 Å². The predicted molar refractivity (Wildman–Crippen MR) is 101 cm³/mol. The molecule has 0 saturated heterocycles. The summed E-state index contributed by atoms with van der Waals surface area (Å²) in [5.74, 6) is 5.82. The predicted octanol–water partition coefficient (Wildman–Crippen LogP) is 2.67. The molecule has 2 N–H and O–H groups in total. The van der Waals surface area contributed by atoms with Crippen LogP contribution < -0.4 is 5.32 Å². The number of carbonyl (C=O) groups excluding carboxylic acids is 1. The summed E-state index contributed by atoms with van der Waals surface area (Å²) >= 11 is 1.56. The monoisotopic (exact) mass is 365 g/mol. The van der Waals surface area contributed by atoms with Crippen LogP contribution in [-0.2, 0) is 11.3 Å². The smallest absolute Gasteiger partial charge is 0.221 e. The van der Waals surface area contributed by atoms with Gasteiger partial charge in [-0.15, -0.1) is 11.3 Å². The Labute approximate surface area is 155 Å². The molecule has 0 fully saturated rings. The van der Waals surface area contributed by atoms with Gasteiger partial charge in [0.2, 0.25) is 5.91 Å². The Bertz CT molecular complexity index is 1050. The van der Waals surface area contributed by atoms with Crippen molar-refractivity contribution in [2.45, 2.75) is 38.3 Å². The SMILES string of the molecule is CC(C)(O)C#Cc1ccc([C@H]2CC(=O)NCc3nc4ccccn4c32)s1. The number of fused-ring (bicyclic) bond motifs is 3. The summed E-state index contributed by atoms with van der Waals surface area (Å²) in [5.41, 5.74) is 1.82. The standard InChI is InChI=1S/C20H19N3O2S/c1-20(2,25)9-8-13-6-7-16(26-13)14-11-18(24)21-12-15-19(14)23-10-4-3-5-17(23)22-15/h3-7,10,14,25H,11-12H2,1-2H3,(H,21,24)/t14-/m1/s1. The molecule has 3 aromatic rings. The number of thiophene rings is 1. The third-order valence-corrected chi connectivity index (χ3v) is 5.39. The van der Waals surface area contributed by atoms with Crippen molar-refractivity contribution in [2.24, 2.45) is 0 Å². The van der Waals surface area contributed by atoms with Crippen LogP contribution in [0, 0.1) is 11.8 Å². The number of aromatic nitrogens is 2. The van der Waals surface area contributed by atoms with Gasteiger partial charge in [0.1, 0.15) is 11.2 Å². The lowest BCUT2D eigenvalue weighted by Crippen LogP contribution is -2.21. The lowest BCUT2D eigenvalue weighted by Gasteiger charge is -2.13. The fraction of sp³-hybridized carbons (Fsp3) is 0.300. The molecule has 1 atom stereocenters. The zero-order valence-corrected chi connectivity index (χ0v) is 15.4. The van der Waals surface area contributed by atoms with Gasteiger partial charge in [-0.3, -0.25) is 4.79 Å². The molecule has 0 unspecified atom stereocenters. The number of carbonyl (C=O) groups is 1. The van der Waals surface area contributed by atoms with Crippen molar-refractivity contribution in [1.29, 1.82) is 0 Å². The molecule has 0 aromatic carbocycles. The Morgan fingerprint density at radius 1 is 1.35 bits per heavy atom. The first-order valence-electron chi connectivity index (χ1n) is 8.48. The number of hydrogen-bond donors (Lipinski definition) is 2. The minimum atomic E-state index is -1.03.